The lowest BCUT2D eigenvalue weighted by atomic mass is 9.89. The van der Waals surface area contributed by atoms with E-state index in [1.165, 1.54) is 0 Å². The van der Waals surface area contributed by atoms with Gasteiger partial charge in [0.05, 0.1) is 5.92 Å². The first-order chi connectivity index (χ1) is 10.2. The van der Waals surface area contributed by atoms with Gasteiger partial charge in [0, 0.05) is 24.9 Å². The van der Waals surface area contributed by atoms with Gasteiger partial charge in [-0.2, -0.15) is 0 Å². The molecule has 2 aliphatic rings. The topological polar surface area (TPSA) is 57.6 Å². The van der Waals surface area contributed by atoms with E-state index in [2.05, 4.69) is 0 Å². The van der Waals surface area contributed by atoms with Crippen LogP contribution in [0.5, 0.6) is 0 Å². The van der Waals surface area contributed by atoms with E-state index in [1.807, 2.05) is 42.5 Å². The van der Waals surface area contributed by atoms with E-state index in [0.717, 1.165) is 18.4 Å². The summed E-state index contributed by atoms with van der Waals surface area (Å²) in [7, 11) is 0. The highest BCUT2D eigenvalue weighted by atomic mass is 16.4. The molecule has 0 saturated carbocycles. The van der Waals surface area contributed by atoms with Crippen molar-refractivity contribution < 1.29 is 14.7 Å². The van der Waals surface area contributed by atoms with Gasteiger partial charge in [-0.25, -0.2) is 0 Å². The van der Waals surface area contributed by atoms with Crippen molar-refractivity contribution in [3.05, 3.63) is 48.0 Å². The van der Waals surface area contributed by atoms with Crippen LogP contribution in [0.2, 0.25) is 0 Å². The maximum absolute atomic E-state index is 12.5. The predicted molar refractivity (Wildman–Crippen MR) is 78.8 cm³/mol. The normalized spacial score (nSPS) is 25.4. The third kappa shape index (κ3) is 2.71. The van der Waals surface area contributed by atoms with E-state index in [9.17, 15) is 14.7 Å². The maximum atomic E-state index is 12.5. The number of aliphatic carboxylic acids is 1. The molecular formula is C17H19NO3. The molecule has 0 bridgehead atoms. The van der Waals surface area contributed by atoms with E-state index < -0.39 is 11.9 Å². The van der Waals surface area contributed by atoms with Gasteiger partial charge < -0.3 is 10.0 Å². The summed E-state index contributed by atoms with van der Waals surface area (Å²) in [5.41, 5.74) is 1.00. The van der Waals surface area contributed by atoms with Crippen LogP contribution >= 0.6 is 0 Å². The number of benzene rings is 1. The van der Waals surface area contributed by atoms with Gasteiger partial charge in [-0.3, -0.25) is 9.59 Å². The molecule has 1 amide bonds. The summed E-state index contributed by atoms with van der Waals surface area (Å²) >= 11 is 0. The number of rotatable bonds is 3. The second kappa shape index (κ2) is 5.72. The van der Waals surface area contributed by atoms with Crippen molar-refractivity contribution in [2.75, 3.05) is 13.1 Å². The molecule has 0 aromatic heterocycles. The fourth-order valence-corrected chi connectivity index (χ4v) is 3.35. The fourth-order valence-electron chi connectivity index (χ4n) is 3.35. The Hall–Kier alpha value is -2.10. The molecule has 4 nitrogen and oxygen atoms in total. The number of hydrogen-bond donors (Lipinski definition) is 1. The van der Waals surface area contributed by atoms with Gasteiger partial charge in [0.15, 0.2) is 0 Å². The van der Waals surface area contributed by atoms with Crippen LogP contribution in [0.1, 0.15) is 24.3 Å². The number of likely N-dealkylation sites (tertiary alicyclic amines) is 1. The summed E-state index contributed by atoms with van der Waals surface area (Å²) in [5.74, 6) is -1.32. The molecule has 2 atom stereocenters. The molecule has 1 aromatic carbocycles. The van der Waals surface area contributed by atoms with Crippen LogP contribution in [0.15, 0.2) is 42.5 Å². The van der Waals surface area contributed by atoms with E-state index in [1.54, 1.807) is 4.90 Å². The van der Waals surface area contributed by atoms with Gasteiger partial charge in [0.1, 0.15) is 0 Å². The van der Waals surface area contributed by atoms with E-state index in [0.29, 0.717) is 13.1 Å². The Morgan fingerprint density at radius 2 is 1.71 bits per heavy atom. The number of hydrogen-bond acceptors (Lipinski definition) is 2. The second-order valence-electron chi connectivity index (χ2n) is 5.84. The molecule has 110 valence electrons. The number of carbonyl (C=O) groups is 2. The molecule has 4 heteroatoms. The van der Waals surface area contributed by atoms with Crippen molar-refractivity contribution in [3.63, 3.8) is 0 Å². The van der Waals surface area contributed by atoms with Gasteiger partial charge in [0.25, 0.3) is 0 Å². The third-order valence-corrected chi connectivity index (χ3v) is 4.53. The average Bonchev–Trinajstić information content (AvgIpc) is 3.17. The minimum absolute atomic E-state index is 0.00830. The standard InChI is InChI=1S/C17H19NO3/c19-16(13-8-4-5-9-13)18-10-14(15(11-18)17(20)21)12-6-2-1-3-7-12/h1-7,13-15H,8-11H2,(H,20,21)/t14-,15-/m1/s1. The van der Waals surface area contributed by atoms with Crippen LogP contribution in [-0.2, 0) is 9.59 Å². The molecule has 1 N–H and O–H groups in total. The smallest absolute Gasteiger partial charge is 0.308 e. The van der Waals surface area contributed by atoms with Crippen molar-refractivity contribution in [1.29, 1.82) is 0 Å². The Labute approximate surface area is 124 Å². The highest BCUT2D eigenvalue weighted by Crippen LogP contribution is 2.34. The SMILES string of the molecule is O=C(O)[C@@H]1CN(C(=O)C2CC=CC2)C[C@@H]1c1ccccc1. The van der Waals surface area contributed by atoms with Crippen LogP contribution in [0.4, 0.5) is 0 Å². The van der Waals surface area contributed by atoms with Crippen LogP contribution < -0.4 is 0 Å². The Bertz CT molecular complexity index is 559. The number of nitrogens with zero attached hydrogens (tertiary/aromatic N) is 1. The molecule has 1 saturated heterocycles. The number of amides is 1. The first kappa shape index (κ1) is 13.9. The molecule has 1 aromatic rings. The maximum Gasteiger partial charge on any atom is 0.308 e. The first-order valence-electron chi connectivity index (χ1n) is 7.38. The number of carboxylic acids is 1. The summed E-state index contributed by atoms with van der Waals surface area (Å²) in [6, 6.07) is 9.65. The van der Waals surface area contributed by atoms with Crippen LogP contribution in [-0.4, -0.2) is 35.0 Å². The van der Waals surface area contributed by atoms with E-state index in [4.69, 9.17) is 0 Å². The van der Waals surface area contributed by atoms with Gasteiger partial charge in [0.2, 0.25) is 5.91 Å². The van der Waals surface area contributed by atoms with Crippen molar-refractivity contribution in [1.82, 2.24) is 4.90 Å². The zero-order valence-electron chi connectivity index (χ0n) is 11.8. The van der Waals surface area contributed by atoms with Gasteiger partial charge in [-0.05, 0) is 18.4 Å². The van der Waals surface area contributed by atoms with Crippen molar-refractivity contribution in [2.45, 2.75) is 18.8 Å². The van der Waals surface area contributed by atoms with E-state index in [-0.39, 0.29) is 17.7 Å². The third-order valence-electron chi connectivity index (χ3n) is 4.53. The molecule has 3 rings (SSSR count). The number of allylic oxidation sites excluding steroid dienone is 2. The molecule has 1 fully saturated rings. The summed E-state index contributed by atoms with van der Waals surface area (Å²) in [6.07, 6.45) is 5.62. The van der Waals surface area contributed by atoms with Crippen LogP contribution in [0.25, 0.3) is 0 Å². The van der Waals surface area contributed by atoms with Crippen LogP contribution in [0, 0.1) is 11.8 Å². The van der Waals surface area contributed by atoms with Crippen molar-refractivity contribution in [3.8, 4) is 0 Å². The van der Waals surface area contributed by atoms with Gasteiger partial charge in [-0.1, -0.05) is 42.5 Å². The van der Waals surface area contributed by atoms with Gasteiger partial charge >= 0.3 is 5.97 Å². The minimum Gasteiger partial charge on any atom is -0.481 e. The lowest BCUT2D eigenvalue weighted by molar-refractivity contribution is -0.142. The average molecular weight is 285 g/mol. The lowest BCUT2D eigenvalue weighted by Crippen LogP contribution is -2.34. The second-order valence-corrected chi connectivity index (χ2v) is 5.84. The molecule has 0 radical (unpaired) electrons. The Balaban J connectivity index is 1.78. The first-order valence-corrected chi connectivity index (χ1v) is 7.38. The molecule has 1 heterocycles. The number of carboxylic acid groups (broad SMARTS) is 1. The Morgan fingerprint density at radius 1 is 1.05 bits per heavy atom. The molecular weight excluding hydrogens is 266 g/mol. The van der Waals surface area contributed by atoms with Crippen LogP contribution in [0.3, 0.4) is 0 Å². The molecule has 0 spiro atoms. The summed E-state index contributed by atoms with van der Waals surface area (Å²) < 4.78 is 0. The summed E-state index contributed by atoms with van der Waals surface area (Å²) in [5, 5.41) is 9.46. The lowest BCUT2D eigenvalue weighted by Gasteiger charge is -2.20. The minimum atomic E-state index is -0.816. The van der Waals surface area contributed by atoms with Gasteiger partial charge in [-0.15, -0.1) is 0 Å². The predicted octanol–water partition coefficient (Wildman–Crippen LogP) is 2.28. The monoisotopic (exact) mass is 285 g/mol. The molecule has 1 aliphatic heterocycles. The molecule has 0 unspecified atom stereocenters. The fraction of sp³-hybridized carbons (Fsp3) is 0.412. The molecule has 21 heavy (non-hydrogen) atoms. The Morgan fingerprint density at radius 3 is 2.33 bits per heavy atom. The van der Waals surface area contributed by atoms with E-state index >= 15 is 0 Å². The highest BCUT2D eigenvalue weighted by molar-refractivity contribution is 5.82. The number of carbonyl (C=O) groups excluding carboxylic acids is 1. The quantitative estimate of drug-likeness (QED) is 0.867. The van der Waals surface area contributed by atoms with Crippen molar-refractivity contribution >= 4 is 11.9 Å². The largest absolute Gasteiger partial charge is 0.481 e. The zero-order valence-corrected chi connectivity index (χ0v) is 11.8. The Kier molecular flexibility index (Phi) is 3.78. The summed E-state index contributed by atoms with van der Waals surface area (Å²) in [6.45, 7) is 0.834. The van der Waals surface area contributed by atoms with Crippen molar-refractivity contribution in [2.24, 2.45) is 11.8 Å². The summed E-state index contributed by atoms with van der Waals surface area (Å²) in [4.78, 5) is 25.8. The molecule has 1 aliphatic carbocycles. The highest BCUT2D eigenvalue weighted by Gasteiger charge is 2.41. The zero-order chi connectivity index (χ0) is 14.8.